The summed E-state index contributed by atoms with van der Waals surface area (Å²) < 4.78 is 8.14. The minimum atomic E-state index is -0.348. The summed E-state index contributed by atoms with van der Waals surface area (Å²) in [6.07, 6.45) is 0. The molecule has 2 heterocycles. The number of esters is 1. The Morgan fingerprint density at radius 1 is 1.11 bits per heavy atom. The lowest BCUT2D eigenvalue weighted by atomic mass is 10.1. The average Bonchev–Trinajstić information content (AvgIpc) is 3.14. The zero-order valence-electron chi connectivity index (χ0n) is 15.5. The van der Waals surface area contributed by atoms with Gasteiger partial charge in [-0.25, -0.2) is 0 Å². The summed E-state index contributed by atoms with van der Waals surface area (Å²) in [5, 5.41) is 9.58. The number of carbonyl (C=O) groups is 1. The molecule has 0 spiro atoms. The molecule has 0 amide bonds. The van der Waals surface area contributed by atoms with Crippen LogP contribution < -0.4 is 5.56 Å². The van der Waals surface area contributed by atoms with Crippen molar-refractivity contribution >= 4 is 34.4 Å². The number of nitrogens with zero attached hydrogens (tertiary/aromatic N) is 4. The fourth-order valence-electron chi connectivity index (χ4n) is 3.03. The SMILES string of the molecule is COC(=O)CSc1nnc2n(Cc3ccc(C)cc3)c(=O)c3ccccc3n12. The Balaban J connectivity index is 1.90. The Bertz CT molecular complexity index is 1230. The molecule has 28 heavy (non-hydrogen) atoms. The number of aromatic nitrogens is 4. The zero-order chi connectivity index (χ0) is 19.7. The van der Waals surface area contributed by atoms with E-state index in [0.29, 0.717) is 28.4 Å². The normalized spacial score (nSPS) is 11.2. The van der Waals surface area contributed by atoms with Gasteiger partial charge in [0.15, 0.2) is 5.16 Å². The van der Waals surface area contributed by atoms with Crippen molar-refractivity contribution in [1.29, 1.82) is 0 Å². The number of thioether (sulfide) groups is 1. The molecule has 8 heteroatoms. The summed E-state index contributed by atoms with van der Waals surface area (Å²) >= 11 is 1.23. The molecule has 142 valence electrons. The van der Waals surface area contributed by atoms with Gasteiger partial charge in [0.1, 0.15) is 0 Å². The van der Waals surface area contributed by atoms with Gasteiger partial charge in [0.2, 0.25) is 5.78 Å². The van der Waals surface area contributed by atoms with Crippen LogP contribution in [0.25, 0.3) is 16.7 Å². The second-order valence-electron chi connectivity index (χ2n) is 6.38. The molecule has 0 N–H and O–H groups in total. The van der Waals surface area contributed by atoms with E-state index in [4.69, 9.17) is 4.74 Å². The smallest absolute Gasteiger partial charge is 0.316 e. The maximum absolute atomic E-state index is 13.1. The van der Waals surface area contributed by atoms with Crippen LogP contribution in [0.5, 0.6) is 0 Å². The van der Waals surface area contributed by atoms with Crippen LogP contribution in [0.4, 0.5) is 0 Å². The van der Waals surface area contributed by atoms with Crippen LogP contribution in [0.3, 0.4) is 0 Å². The van der Waals surface area contributed by atoms with Crippen LogP contribution >= 0.6 is 11.8 Å². The van der Waals surface area contributed by atoms with E-state index in [0.717, 1.165) is 11.1 Å². The lowest BCUT2D eigenvalue weighted by molar-refractivity contribution is -0.137. The van der Waals surface area contributed by atoms with E-state index in [1.165, 1.54) is 18.9 Å². The maximum atomic E-state index is 13.1. The first kappa shape index (κ1) is 18.2. The number of methoxy groups -OCH3 is 1. The van der Waals surface area contributed by atoms with Crippen molar-refractivity contribution < 1.29 is 9.53 Å². The minimum absolute atomic E-state index is 0.114. The predicted molar refractivity (Wildman–Crippen MR) is 108 cm³/mol. The van der Waals surface area contributed by atoms with Crippen molar-refractivity contribution in [2.45, 2.75) is 18.6 Å². The van der Waals surface area contributed by atoms with Gasteiger partial charge in [-0.1, -0.05) is 53.7 Å². The average molecular weight is 394 g/mol. The first-order valence-electron chi connectivity index (χ1n) is 8.70. The van der Waals surface area contributed by atoms with Crippen LogP contribution in [0.1, 0.15) is 11.1 Å². The van der Waals surface area contributed by atoms with Crippen LogP contribution in [0.2, 0.25) is 0 Å². The number of para-hydroxylation sites is 1. The molecule has 0 aliphatic carbocycles. The van der Waals surface area contributed by atoms with E-state index < -0.39 is 0 Å². The lowest BCUT2D eigenvalue weighted by Crippen LogP contribution is -2.24. The number of rotatable bonds is 5. The fraction of sp³-hybridized carbons (Fsp3) is 0.200. The highest BCUT2D eigenvalue weighted by molar-refractivity contribution is 7.99. The number of hydrogen-bond acceptors (Lipinski definition) is 6. The Morgan fingerprint density at radius 2 is 1.86 bits per heavy atom. The van der Waals surface area contributed by atoms with Gasteiger partial charge in [0.05, 0.1) is 30.3 Å². The van der Waals surface area contributed by atoms with Gasteiger partial charge in [-0.05, 0) is 24.6 Å². The summed E-state index contributed by atoms with van der Waals surface area (Å²) in [6.45, 7) is 2.40. The molecule has 4 aromatic rings. The molecule has 0 radical (unpaired) electrons. The molecule has 2 aromatic carbocycles. The molecule has 0 fully saturated rings. The maximum Gasteiger partial charge on any atom is 0.316 e. The molecule has 4 rings (SSSR count). The standard InChI is InChI=1S/C20H18N4O3S/c1-13-7-9-14(10-8-13)11-23-18(26)15-5-3-4-6-16(15)24-19(23)21-22-20(24)28-12-17(25)27-2/h3-10H,11-12H2,1-2H3. The summed E-state index contributed by atoms with van der Waals surface area (Å²) in [7, 11) is 1.35. The van der Waals surface area contributed by atoms with Gasteiger partial charge < -0.3 is 4.74 Å². The zero-order valence-corrected chi connectivity index (χ0v) is 16.3. The Labute approximate surface area is 165 Å². The van der Waals surface area contributed by atoms with E-state index in [-0.39, 0.29) is 17.3 Å². The molecular weight excluding hydrogens is 376 g/mol. The highest BCUT2D eigenvalue weighted by atomic mass is 32.2. The van der Waals surface area contributed by atoms with E-state index in [9.17, 15) is 9.59 Å². The molecule has 7 nitrogen and oxygen atoms in total. The monoisotopic (exact) mass is 394 g/mol. The molecular formula is C20H18N4O3S. The number of fused-ring (bicyclic) bond motifs is 3. The Morgan fingerprint density at radius 3 is 2.61 bits per heavy atom. The lowest BCUT2D eigenvalue weighted by Gasteiger charge is -2.11. The summed E-state index contributed by atoms with van der Waals surface area (Å²) in [6, 6.07) is 15.4. The van der Waals surface area contributed by atoms with E-state index >= 15 is 0 Å². The largest absolute Gasteiger partial charge is 0.468 e. The van der Waals surface area contributed by atoms with Crippen LogP contribution in [-0.4, -0.2) is 38.0 Å². The first-order chi connectivity index (χ1) is 13.6. The molecule has 0 aliphatic heterocycles. The number of carbonyl (C=O) groups excluding carboxylic acids is 1. The van der Waals surface area contributed by atoms with Gasteiger partial charge in [0.25, 0.3) is 5.56 Å². The molecule has 0 saturated carbocycles. The van der Waals surface area contributed by atoms with E-state index in [1.54, 1.807) is 10.6 Å². The highest BCUT2D eigenvalue weighted by Crippen LogP contribution is 2.22. The van der Waals surface area contributed by atoms with Crippen LogP contribution in [0.15, 0.2) is 58.5 Å². The number of hydrogen-bond donors (Lipinski definition) is 0. The molecule has 0 bridgehead atoms. The quantitative estimate of drug-likeness (QED) is 0.383. The topological polar surface area (TPSA) is 78.5 Å². The second kappa shape index (κ2) is 7.47. The van der Waals surface area contributed by atoms with Crippen molar-refractivity contribution in [3.63, 3.8) is 0 Å². The first-order valence-corrected chi connectivity index (χ1v) is 9.69. The third-order valence-corrected chi connectivity index (χ3v) is 5.39. The second-order valence-corrected chi connectivity index (χ2v) is 7.32. The van der Waals surface area contributed by atoms with E-state index in [1.807, 2.05) is 53.8 Å². The van der Waals surface area contributed by atoms with Gasteiger partial charge in [0, 0.05) is 0 Å². The van der Waals surface area contributed by atoms with Gasteiger partial charge in [-0.2, -0.15) is 0 Å². The Hall–Kier alpha value is -3.13. The molecule has 0 atom stereocenters. The van der Waals surface area contributed by atoms with Crippen LogP contribution in [-0.2, 0) is 16.1 Å². The predicted octanol–water partition coefficient (Wildman–Crippen LogP) is 2.67. The summed E-state index contributed by atoms with van der Waals surface area (Å²) in [4.78, 5) is 24.7. The molecule has 0 unspecified atom stereocenters. The van der Waals surface area contributed by atoms with Gasteiger partial charge in [-0.15, -0.1) is 10.2 Å². The summed E-state index contributed by atoms with van der Waals surface area (Å²) in [5.74, 6) is 0.207. The number of benzene rings is 2. The van der Waals surface area contributed by atoms with Crippen molar-refractivity contribution in [2.75, 3.05) is 12.9 Å². The number of ether oxygens (including phenoxy) is 1. The molecule has 2 aromatic heterocycles. The number of aryl methyl sites for hydroxylation is 1. The Kier molecular flexibility index (Phi) is 4.87. The van der Waals surface area contributed by atoms with Crippen molar-refractivity contribution in [3.05, 3.63) is 70.0 Å². The summed E-state index contributed by atoms with van der Waals surface area (Å²) in [5.41, 5.74) is 2.74. The van der Waals surface area contributed by atoms with Crippen LogP contribution in [0, 0.1) is 6.92 Å². The minimum Gasteiger partial charge on any atom is -0.468 e. The van der Waals surface area contributed by atoms with Gasteiger partial charge >= 0.3 is 5.97 Å². The van der Waals surface area contributed by atoms with Crippen molar-refractivity contribution in [3.8, 4) is 0 Å². The van der Waals surface area contributed by atoms with Gasteiger partial charge in [-0.3, -0.25) is 18.6 Å². The third kappa shape index (κ3) is 3.27. The fourth-order valence-corrected chi connectivity index (χ4v) is 3.80. The third-order valence-electron chi connectivity index (χ3n) is 4.49. The highest BCUT2D eigenvalue weighted by Gasteiger charge is 2.17. The van der Waals surface area contributed by atoms with Crippen molar-refractivity contribution in [2.24, 2.45) is 0 Å². The van der Waals surface area contributed by atoms with E-state index in [2.05, 4.69) is 10.2 Å². The van der Waals surface area contributed by atoms with Crippen molar-refractivity contribution in [1.82, 2.24) is 19.2 Å². The molecule has 0 aliphatic rings. The molecule has 0 saturated heterocycles.